The van der Waals surface area contributed by atoms with Gasteiger partial charge in [0.05, 0.1) is 43.4 Å². The van der Waals surface area contributed by atoms with Gasteiger partial charge in [-0.3, -0.25) is 9.59 Å². The molecule has 3 aromatic carbocycles. The third kappa shape index (κ3) is 3.96. The second-order valence-corrected chi connectivity index (χ2v) is 10.1. The van der Waals surface area contributed by atoms with Gasteiger partial charge in [0.1, 0.15) is 11.5 Å². The first-order valence-electron chi connectivity index (χ1n) is 12.3. The molecule has 1 fully saturated rings. The van der Waals surface area contributed by atoms with Gasteiger partial charge in [-0.05, 0) is 47.0 Å². The van der Waals surface area contributed by atoms with Gasteiger partial charge in [-0.2, -0.15) is 0 Å². The molecule has 1 aliphatic carbocycles. The number of phenols is 3. The quantitative estimate of drug-likeness (QED) is 0.335. The lowest BCUT2D eigenvalue weighted by Gasteiger charge is -2.39. The molecular formula is C28H24ClNO10. The second kappa shape index (κ2) is 9.60. The number of hydrogen-bond acceptors (Lipinski definition) is 10. The van der Waals surface area contributed by atoms with Crippen molar-refractivity contribution in [2.24, 2.45) is 11.8 Å². The average molecular weight is 570 g/mol. The van der Waals surface area contributed by atoms with Gasteiger partial charge in [0.25, 0.3) is 5.91 Å². The Bertz CT molecular complexity index is 1530. The average Bonchev–Trinajstić information content (AvgIpc) is 3.56. The van der Waals surface area contributed by atoms with E-state index in [2.05, 4.69) is 5.32 Å². The van der Waals surface area contributed by atoms with E-state index in [-0.39, 0.29) is 47.0 Å². The Kier molecular flexibility index (Phi) is 6.18. The molecule has 0 radical (unpaired) electrons. The molecule has 208 valence electrons. The fourth-order valence-corrected chi connectivity index (χ4v) is 5.96. The van der Waals surface area contributed by atoms with Crippen molar-refractivity contribution in [2.75, 3.05) is 27.6 Å². The van der Waals surface area contributed by atoms with E-state index in [0.717, 1.165) is 12.1 Å². The van der Waals surface area contributed by atoms with Gasteiger partial charge < -0.3 is 44.3 Å². The Morgan fingerprint density at radius 2 is 1.57 bits per heavy atom. The van der Waals surface area contributed by atoms with Crippen molar-refractivity contribution in [3.8, 4) is 40.2 Å². The maximum atomic E-state index is 13.4. The molecule has 1 saturated heterocycles. The lowest BCUT2D eigenvalue weighted by atomic mass is 9.65. The first kappa shape index (κ1) is 25.8. The summed E-state index contributed by atoms with van der Waals surface area (Å²) in [5.41, 5.74) is 1.78. The van der Waals surface area contributed by atoms with Crippen molar-refractivity contribution in [3.63, 3.8) is 0 Å². The molecule has 4 atom stereocenters. The smallest absolute Gasteiger partial charge is 0.310 e. The van der Waals surface area contributed by atoms with E-state index in [9.17, 15) is 24.9 Å². The first-order chi connectivity index (χ1) is 19.2. The summed E-state index contributed by atoms with van der Waals surface area (Å²) in [5, 5.41) is 33.5. The Balaban J connectivity index is 1.51. The number of halogens is 1. The van der Waals surface area contributed by atoms with Crippen LogP contribution in [0.25, 0.3) is 0 Å². The van der Waals surface area contributed by atoms with Crippen LogP contribution in [-0.4, -0.2) is 54.8 Å². The molecule has 4 N–H and O–H groups in total. The summed E-state index contributed by atoms with van der Waals surface area (Å²) in [6.07, 6.45) is 0. The number of ether oxygens (including phenoxy) is 5. The van der Waals surface area contributed by atoms with Gasteiger partial charge in [0.15, 0.2) is 23.0 Å². The van der Waals surface area contributed by atoms with E-state index >= 15 is 0 Å². The molecule has 0 spiro atoms. The highest BCUT2D eigenvalue weighted by Gasteiger charge is 2.53. The summed E-state index contributed by atoms with van der Waals surface area (Å²) in [4.78, 5) is 26.7. The number of cyclic esters (lactones) is 1. The highest BCUT2D eigenvalue weighted by Crippen LogP contribution is 2.55. The number of rotatable bonds is 5. The van der Waals surface area contributed by atoms with E-state index in [4.69, 9.17) is 35.3 Å². The summed E-state index contributed by atoms with van der Waals surface area (Å²) >= 11 is 6.00. The maximum Gasteiger partial charge on any atom is 0.310 e. The van der Waals surface area contributed by atoms with Crippen molar-refractivity contribution in [3.05, 3.63) is 63.7 Å². The minimum Gasteiger partial charge on any atom is -0.507 e. The Morgan fingerprint density at radius 3 is 2.23 bits per heavy atom. The van der Waals surface area contributed by atoms with Gasteiger partial charge in [0, 0.05) is 17.9 Å². The van der Waals surface area contributed by atoms with Crippen LogP contribution < -0.4 is 24.3 Å². The number of hydrogen-bond donors (Lipinski definition) is 4. The van der Waals surface area contributed by atoms with Crippen molar-refractivity contribution < 1.29 is 48.6 Å². The number of esters is 1. The molecule has 1 amide bonds. The highest BCUT2D eigenvalue weighted by atomic mass is 35.5. The summed E-state index contributed by atoms with van der Waals surface area (Å²) in [6, 6.07) is 8.20. The van der Waals surface area contributed by atoms with Gasteiger partial charge in [0.2, 0.25) is 12.5 Å². The lowest BCUT2D eigenvalue weighted by molar-refractivity contribution is -0.141. The van der Waals surface area contributed by atoms with Crippen LogP contribution in [0.5, 0.6) is 40.2 Å². The summed E-state index contributed by atoms with van der Waals surface area (Å²) < 4.78 is 27.5. The number of amides is 1. The number of aromatic hydroxyl groups is 3. The molecule has 2 heterocycles. The predicted octanol–water partition coefficient (Wildman–Crippen LogP) is 3.61. The molecule has 3 aromatic rings. The zero-order valence-corrected chi connectivity index (χ0v) is 22.0. The molecule has 11 nitrogen and oxygen atoms in total. The van der Waals surface area contributed by atoms with Crippen LogP contribution in [0.4, 0.5) is 0 Å². The normalized spacial score (nSPS) is 22.2. The van der Waals surface area contributed by atoms with Crippen LogP contribution in [0, 0.1) is 11.8 Å². The largest absolute Gasteiger partial charge is 0.507 e. The standard InChI is InChI=1S/C28H24ClNO10/c1-36-21-3-11(4-22(37-2)26(21)33)23-12-6-19-20(40-10-39-19)7-13(12)25(15-9-38-28(35)24(15)23)30-27(34)14-5-16(29)18(32)8-17(14)31/h3-8,15,23-25,31-33H,9-10H2,1-2H3,(H,30,34)/t15-,23+,24-,25+/m0/s1. The van der Waals surface area contributed by atoms with E-state index in [0.29, 0.717) is 28.2 Å². The van der Waals surface area contributed by atoms with Crippen molar-refractivity contribution >= 4 is 23.5 Å². The minimum atomic E-state index is -0.742. The third-order valence-corrected chi connectivity index (χ3v) is 7.95. The molecule has 3 aliphatic rings. The number of phenolic OH excluding ortho intramolecular Hbond substituents is 3. The van der Waals surface area contributed by atoms with E-state index in [1.807, 2.05) is 0 Å². The van der Waals surface area contributed by atoms with E-state index < -0.39 is 41.4 Å². The molecular weight excluding hydrogens is 546 g/mol. The molecule has 2 aliphatic heterocycles. The first-order valence-corrected chi connectivity index (χ1v) is 12.7. The molecule has 0 saturated carbocycles. The molecule has 0 bridgehead atoms. The van der Waals surface area contributed by atoms with Crippen LogP contribution in [0.3, 0.4) is 0 Å². The topological polar surface area (TPSA) is 153 Å². The number of carbonyl (C=O) groups excluding carboxylic acids is 2. The van der Waals surface area contributed by atoms with Crippen molar-refractivity contribution in [1.82, 2.24) is 5.32 Å². The SMILES string of the molecule is COc1cc([C@@H]2c3cc4c(cc3[C@@H](NC(=O)c3cc(Cl)c(O)cc3O)[C@H]3COC(=O)[C@H]23)OCO4)cc(OC)c1O. The third-order valence-electron chi connectivity index (χ3n) is 7.64. The number of methoxy groups -OCH3 is 2. The molecule has 12 heteroatoms. The number of benzene rings is 3. The fourth-order valence-electron chi connectivity index (χ4n) is 5.79. The molecule has 0 unspecified atom stereocenters. The van der Waals surface area contributed by atoms with Crippen molar-refractivity contribution in [2.45, 2.75) is 12.0 Å². The minimum absolute atomic E-state index is 0.00948. The number of fused-ring (bicyclic) bond motifs is 3. The van der Waals surface area contributed by atoms with Gasteiger partial charge in [-0.1, -0.05) is 11.6 Å². The summed E-state index contributed by atoms with van der Waals surface area (Å²) in [6.45, 7) is 0.0308. The highest BCUT2D eigenvalue weighted by molar-refractivity contribution is 6.32. The van der Waals surface area contributed by atoms with Gasteiger partial charge in [-0.15, -0.1) is 0 Å². The van der Waals surface area contributed by atoms with E-state index in [1.54, 1.807) is 24.3 Å². The molecule has 0 aromatic heterocycles. The Labute approximate surface area is 232 Å². The van der Waals surface area contributed by atoms with Crippen LogP contribution >= 0.6 is 11.6 Å². The second-order valence-electron chi connectivity index (χ2n) is 9.68. The van der Waals surface area contributed by atoms with Gasteiger partial charge in [-0.25, -0.2) is 0 Å². The van der Waals surface area contributed by atoms with E-state index in [1.165, 1.54) is 14.2 Å². The van der Waals surface area contributed by atoms with Gasteiger partial charge >= 0.3 is 5.97 Å². The van der Waals surface area contributed by atoms with Crippen molar-refractivity contribution in [1.29, 1.82) is 0 Å². The summed E-state index contributed by atoms with van der Waals surface area (Å²) in [5.74, 6) is -2.72. The lowest BCUT2D eigenvalue weighted by Crippen LogP contribution is -2.42. The number of carbonyl (C=O) groups is 2. The van der Waals surface area contributed by atoms with Crippen LogP contribution in [0.1, 0.15) is 39.0 Å². The van der Waals surface area contributed by atoms with Crippen LogP contribution in [-0.2, 0) is 9.53 Å². The Morgan fingerprint density at radius 1 is 0.925 bits per heavy atom. The van der Waals surface area contributed by atoms with Crippen LogP contribution in [0.15, 0.2) is 36.4 Å². The monoisotopic (exact) mass is 569 g/mol. The zero-order chi connectivity index (χ0) is 28.3. The fraction of sp³-hybridized carbons (Fsp3) is 0.286. The molecule has 40 heavy (non-hydrogen) atoms. The molecule has 6 rings (SSSR count). The zero-order valence-electron chi connectivity index (χ0n) is 21.3. The number of nitrogens with one attached hydrogen (secondary N) is 1. The predicted molar refractivity (Wildman–Crippen MR) is 139 cm³/mol. The van der Waals surface area contributed by atoms with Crippen LogP contribution in [0.2, 0.25) is 5.02 Å². The summed E-state index contributed by atoms with van der Waals surface area (Å²) in [7, 11) is 2.82. The Hall–Kier alpha value is -4.51. The maximum absolute atomic E-state index is 13.4.